The van der Waals surface area contributed by atoms with Gasteiger partial charge in [-0.25, -0.2) is 0 Å². The standard InChI is InChI=1S/C14H14IN3O4/c15-11-5-2-1-4-10(11)14(21)18-8-13(20)22-9-12(19)17-7-3-6-16/h1-2,4-5H,3,7-9H2,(H,17,19)(H,18,21). The molecule has 2 amide bonds. The molecule has 1 aromatic rings. The van der Waals surface area contributed by atoms with Crippen molar-refractivity contribution in [3.05, 3.63) is 33.4 Å². The summed E-state index contributed by atoms with van der Waals surface area (Å²) < 4.78 is 5.47. The minimum Gasteiger partial charge on any atom is -0.454 e. The van der Waals surface area contributed by atoms with E-state index in [0.717, 1.165) is 3.57 Å². The smallest absolute Gasteiger partial charge is 0.325 e. The van der Waals surface area contributed by atoms with E-state index in [4.69, 9.17) is 10.00 Å². The molecule has 0 saturated heterocycles. The summed E-state index contributed by atoms with van der Waals surface area (Å²) in [6, 6.07) is 8.82. The second kappa shape index (κ2) is 9.73. The molecule has 0 aliphatic heterocycles. The van der Waals surface area contributed by atoms with Gasteiger partial charge in [-0.2, -0.15) is 5.26 Å². The highest BCUT2D eigenvalue weighted by molar-refractivity contribution is 14.1. The molecule has 7 nitrogen and oxygen atoms in total. The molecule has 0 saturated carbocycles. The predicted octanol–water partition coefficient (Wildman–Crippen LogP) is 0.594. The lowest BCUT2D eigenvalue weighted by Crippen LogP contribution is -2.34. The van der Waals surface area contributed by atoms with E-state index in [1.807, 2.05) is 28.7 Å². The molecule has 2 N–H and O–H groups in total. The summed E-state index contributed by atoms with van der Waals surface area (Å²) in [6.45, 7) is -0.561. The van der Waals surface area contributed by atoms with Gasteiger partial charge in [-0.3, -0.25) is 14.4 Å². The second-order valence-electron chi connectivity index (χ2n) is 4.08. The molecule has 1 aromatic carbocycles. The number of carbonyl (C=O) groups excluding carboxylic acids is 3. The van der Waals surface area contributed by atoms with Crippen molar-refractivity contribution in [3.8, 4) is 6.07 Å². The maximum Gasteiger partial charge on any atom is 0.325 e. The number of halogens is 1. The van der Waals surface area contributed by atoms with Crippen molar-refractivity contribution in [3.63, 3.8) is 0 Å². The van der Waals surface area contributed by atoms with Crippen LogP contribution in [0.2, 0.25) is 0 Å². The minimum atomic E-state index is -0.713. The van der Waals surface area contributed by atoms with Crippen LogP contribution in [0.4, 0.5) is 0 Å². The lowest BCUT2D eigenvalue weighted by atomic mass is 10.2. The van der Waals surface area contributed by atoms with E-state index in [9.17, 15) is 14.4 Å². The minimum absolute atomic E-state index is 0.186. The molecular formula is C14H14IN3O4. The SMILES string of the molecule is N#CCCNC(=O)COC(=O)CNC(=O)c1ccccc1I. The fraction of sp³-hybridized carbons (Fsp3) is 0.286. The Hall–Kier alpha value is -2.15. The largest absolute Gasteiger partial charge is 0.454 e. The fourth-order valence-corrected chi connectivity index (χ4v) is 2.03. The second-order valence-corrected chi connectivity index (χ2v) is 5.24. The van der Waals surface area contributed by atoms with E-state index in [1.54, 1.807) is 24.3 Å². The Kier molecular flexibility index (Phi) is 7.91. The topological polar surface area (TPSA) is 108 Å². The first-order chi connectivity index (χ1) is 10.5. The molecule has 8 heteroatoms. The number of ether oxygens (including phenoxy) is 1. The monoisotopic (exact) mass is 415 g/mol. The maximum absolute atomic E-state index is 11.8. The van der Waals surface area contributed by atoms with Gasteiger partial charge in [-0.15, -0.1) is 0 Å². The zero-order valence-corrected chi connectivity index (χ0v) is 13.8. The number of nitriles is 1. The van der Waals surface area contributed by atoms with Crippen LogP contribution in [0.3, 0.4) is 0 Å². The molecule has 0 aromatic heterocycles. The average Bonchev–Trinajstić information content (AvgIpc) is 2.51. The van der Waals surface area contributed by atoms with Crippen LogP contribution < -0.4 is 10.6 Å². The van der Waals surface area contributed by atoms with Crippen molar-refractivity contribution in [1.82, 2.24) is 10.6 Å². The van der Waals surface area contributed by atoms with Crippen molar-refractivity contribution in [2.45, 2.75) is 6.42 Å². The summed E-state index contributed by atoms with van der Waals surface area (Å²) in [5.41, 5.74) is 0.463. The van der Waals surface area contributed by atoms with Gasteiger partial charge in [0.1, 0.15) is 6.54 Å². The summed E-state index contributed by atoms with van der Waals surface area (Å²) in [7, 11) is 0. The molecule has 0 aliphatic rings. The molecular weight excluding hydrogens is 401 g/mol. The van der Waals surface area contributed by atoms with Crippen molar-refractivity contribution in [1.29, 1.82) is 5.26 Å². The molecule has 0 radical (unpaired) electrons. The molecule has 1 rings (SSSR count). The van der Waals surface area contributed by atoms with Crippen LogP contribution in [0.25, 0.3) is 0 Å². The average molecular weight is 415 g/mol. The molecule has 0 fully saturated rings. The van der Waals surface area contributed by atoms with Gasteiger partial charge in [0, 0.05) is 10.1 Å². The third kappa shape index (κ3) is 6.53. The van der Waals surface area contributed by atoms with E-state index in [0.29, 0.717) is 5.56 Å². The Balaban J connectivity index is 2.29. The lowest BCUT2D eigenvalue weighted by Gasteiger charge is -2.07. The molecule has 0 atom stereocenters. The van der Waals surface area contributed by atoms with Gasteiger partial charge in [0.25, 0.3) is 11.8 Å². The Labute approximate surface area is 141 Å². The van der Waals surface area contributed by atoms with Gasteiger partial charge in [-0.05, 0) is 34.7 Å². The summed E-state index contributed by atoms with van der Waals surface area (Å²) in [5, 5.41) is 13.1. The molecule has 0 heterocycles. The zero-order chi connectivity index (χ0) is 16.4. The number of amides is 2. The molecule has 0 bridgehead atoms. The number of rotatable bonds is 7. The van der Waals surface area contributed by atoms with Gasteiger partial charge < -0.3 is 15.4 Å². The van der Waals surface area contributed by atoms with Crippen molar-refractivity contribution in [2.75, 3.05) is 19.7 Å². The Bertz CT molecular complexity index is 598. The van der Waals surface area contributed by atoms with Gasteiger partial charge >= 0.3 is 5.97 Å². The Morgan fingerprint density at radius 3 is 2.64 bits per heavy atom. The van der Waals surface area contributed by atoms with Crippen LogP contribution in [-0.4, -0.2) is 37.5 Å². The summed E-state index contributed by atoms with van der Waals surface area (Å²) >= 11 is 2.02. The number of benzene rings is 1. The molecule has 0 aliphatic carbocycles. The van der Waals surface area contributed by atoms with E-state index in [2.05, 4.69) is 10.6 Å². The van der Waals surface area contributed by atoms with Crippen molar-refractivity contribution < 1.29 is 19.1 Å². The number of hydrogen-bond donors (Lipinski definition) is 2. The van der Waals surface area contributed by atoms with E-state index in [1.165, 1.54) is 0 Å². The van der Waals surface area contributed by atoms with Crippen LogP contribution in [0.1, 0.15) is 16.8 Å². The lowest BCUT2D eigenvalue weighted by molar-refractivity contribution is -0.147. The first-order valence-corrected chi connectivity index (χ1v) is 7.44. The Morgan fingerprint density at radius 1 is 1.23 bits per heavy atom. The first-order valence-electron chi connectivity index (χ1n) is 6.36. The highest BCUT2D eigenvalue weighted by Crippen LogP contribution is 2.10. The molecule has 0 unspecified atom stereocenters. The molecule has 22 heavy (non-hydrogen) atoms. The van der Waals surface area contributed by atoms with E-state index >= 15 is 0 Å². The van der Waals surface area contributed by atoms with Crippen LogP contribution in [-0.2, 0) is 14.3 Å². The zero-order valence-electron chi connectivity index (χ0n) is 11.6. The third-order valence-corrected chi connectivity index (χ3v) is 3.38. The summed E-state index contributed by atoms with van der Waals surface area (Å²) in [4.78, 5) is 34.5. The third-order valence-electron chi connectivity index (χ3n) is 2.43. The first kappa shape index (κ1) is 17.9. The highest BCUT2D eigenvalue weighted by Gasteiger charge is 2.12. The van der Waals surface area contributed by atoms with E-state index < -0.39 is 18.5 Å². The summed E-state index contributed by atoms with van der Waals surface area (Å²) in [5.74, 6) is -1.59. The van der Waals surface area contributed by atoms with Crippen LogP contribution in [0.5, 0.6) is 0 Å². The van der Waals surface area contributed by atoms with Gasteiger partial charge in [0.15, 0.2) is 6.61 Å². The summed E-state index contributed by atoms with van der Waals surface area (Å²) in [6.07, 6.45) is 0.186. The fourth-order valence-electron chi connectivity index (χ4n) is 1.40. The van der Waals surface area contributed by atoms with Gasteiger partial charge in [0.2, 0.25) is 0 Å². The molecule has 116 valence electrons. The van der Waals surface area contributed by atoms with E-state index in [-0.39, 0.29) is 25.4 Å². The normalized spacial score (nSPS) is 9.45. The predicted molar refractivity (Wildman–Crippen MR) is 85.7 cm³/mol. The Morgan fingerprint density at radius 2 is 1.95 bits per heavy atom. The van der Waals surface area contributed by atoms with Gasteiger partial charge in [-0.1, -0.05) is 12.1 Å². The number of nitrogens with zero attached hydrogens (tertiary/aromatic N) is 1. The van der Waals surface area contributed by atoms with Crippen molar-refractivity contribution >= 4 is 40.4 Å². The quantitative estimate of drug-likeness (QED) is 0.385. The number of carbonyl (C=O) groups is 3. The van der Waals surface area contributed by atoms with Crippen molar-refractivity contribution in [2.24, 2.45) is 0 Å². The van der Waals surface area contributed by atoms with Crippen LogP contribution >= 0.6 is 22.6 Å². The number of esters is 1. The van der Waals surface area contributed by atoms with Gasteiger partial charge in [0.05, 0.1) is 18.1 Å². The molecule has 0 spiro atoms. The van der Waals surface area contributed by atoms with Crippen LogP contribution in [0.15, 0.2) is 24.3 Å². The number of hydrogen-bond acceptors (Lipinski definition) is 5. The maximum atomic E-state index is 11.8. The number of nitrogens with one attached hydrogen (secondary N) is 2. The highest BCUT2D eigenvalue weighted by atomic mass is 127. The van der Waals surface area contributed by atoms with Crippen LogP contribution in [0, 0.1) is 14.9 Å².